The normalized spacial score (nSPS) is 11.8. The van der Waals surface area contributed by atoms with Crippen molar-refractivity contribution in [2.75, 3.05) is 4.90 Å². The molecule has 0 amide bonds. The van der Waals surface area contributed by atoms with E-state index in [1.807, 2.05) is 17.4 Å². The molecule has 14 aromatic rings. The minimum Gasteiger partial charge on any atom is -0.455 e. The maximum absolute atomic E-state index is 6.77. The molecule has 0 aliphatic heterocycles. The van der Waals surface area contributed by atoms with Gasteiger partial charge in [0.1, 0.15) is 11.2 Å². The fraction of sp³-hybridized carbons (Fsp3) is 0. The monoisotopic (exact) mass is 884 g/mol. The molecule has 0 bridgehead atoms. The first kappa shape index (κ1) is 38.6. The Bertz CT molecular complexity index is 4230. The number of fused-ring (bicyclic) bond motifs is 10. The minimum absolute atomic E-state index is 0.879. The maximum Gasteiger partial charge on any atom is 0.143 e. The number of hydrogen-bond donors (Lipinski definition) is 0. The van der Waals surface area contributed by atoms with Crippen LogP contribution >= 0.6 is 11.3 Å². The number of thiophene rings is 1. The van der Waals surface area contributed by atoms with Crippen molar-refractivity contribution in [3.05, 3.63) is 243 Å². The van der Waals surface area contributed by atoms with Gasteiger partial charge in [0, 0.05) is 69.7 Å². The van der Waals surface area contributed by atoms with Crippen molar-refractivity contribution < 1.29 is 4.42 Å². The second kappa shape index (κ2) is 15.5. The molecule has 0 fully saturated rings. The highest BCUT2D eigenvalue weighted by molar-refractivity contribution is 7.26. The standard InChI is InChI=1S/C64H40N2OS/c1-2-17-43-40-44(33-32-41(43)16-1)42-34-36-45(37-35-42)65(55-26-9-5-20-48(55)51-24-15-25-52-49-21-7-13-30-60(49)67-63(51)52)59-39-38-53-50-22-8-14-31-61(50)68-64(53)62(59)54-23-6-12-29-58(54)66-56-27-10-3-18-46(56)47-19-4-11-28-57(47)66/h1-40H. The number of para-hydroxylation sites is 6. The first-order chi connectivity index (χ1) is 33.7. The van der Waals surface area contributed by atoms with Gasteiger partial charge < -0.3 is 13.9 Å². The molecule has 14 rings (SSSR count). The fourth-order valence-electron chi connectivity index (χ4n) is 10.7. The van der Waals surface area contributed by atoms with Crippen LogP contribution in [0, 0.1) is 0 Å². The molecule has 0 atom stereocenters. The van der Waals surface area contributed by atoms with Crippen LogP contribution in [0.1, 0.15) is 0 Å². The quantitative estimate of drug-likeness (QED) is 0.159. The van der Waals surface area contributed by atoms with Crippen LogP contribution in [-0.2, 0) is 0 Å². The second-order valence-corrected chi connectivity index (χ2v) is 18.6. The number of furan rings is 1. The van der Waals surface area contributed by atoms with Gasteiger partial charge >= 0.3 is 0 Å². The number of aromatic nitrogens is 1. The van der Waals surface area contributed by atoms with Gasteiger partial charge in [-0.1, -0.05) is 182 Å². The molecule has 0 aliphatic carbocycles. The molecule has 3 aromatic heterocycles. The predicted molar refractivity (Wildman–Crippen MR) is 289 cm³/mol. The zero-order valence-electron chi connectivity index (χ0n) is 36.8. The van der Waals surface area contributed by atoms with E-state index in [0.29, 0.717) is 0 Å². The summed E-state index contributed by atoms with van der Waals surface area (Å²) in [7, 11) is 0. The Labute approximate surface area is 396 Å². The Morgan fingerprint density at radius 3 is 1.82 bits per heavy atom. The molecule has 3 heterocycles. The van der Waals surface area contributed by atoms with E-state index in [-0.39, 0.29) is 0 Å². The van der Waals surface area contributed by atoms with Gasteiger partial charge in [-0.05, 0) is 82.6 Å². The summed E-state index contributed by atoms with van der Waals surface area (Å²) in [5.74, 6) is 0. The van der Waals surface area contributed by atoms with Gasteiger partial charge in [-0.15, -0.1) is 11.3 Å². The van der Waals surface area contributed by atoms with E-state index in [4.69, 9.17) is 4.42 Å². The van der Waals surface area contributed by atoms with E-state index in [9.17, 15) is 0 Å². The third-order valence-corrected chi connectivity index (χ3v) is 15.0. The number of nitrogens with zero attached hydrogens (tertiary/aromatic N) is 2. The predicted octanol–water partition coefficient (Wildman–Crippen LogP) is 18.7. The van der Waals surface area contributed by atoms with Crippen LogP contribution in [0.15, 0.2) is 247 Å². The van der Waals surface area contributed by atoms with Crippen molar-refractivity contribution in [2.24, 2.45) is 0 Å². The molecular formula is C64H40N2OS. The lowest BCUT2D eigenvalue weighted by Crippen LogP contribution is -2.13. The highest BCUT2D eigenvalue weighted by Crippen LogP contribution is 2.52. The molecular weight excluding hydrogens is 845 g/mol. The minimum atomic E-state index is 0.879. The van der Waals surface area contributed by atoms with Gasteiger partial charge in [-0.3, -0.25) is 0 Å². The van der Waals surface area contributed by atoms with Gasteiger partial charge in [-0.2, -0.15) is 0 Å². The molecule has 0 saturated heterocycles. The van der Waals surface area contributed by atoms with Crippen molar-refractivity contribution in [2.45, 2.75) is 0 Å². The Morgan fingerprint density at radius 2 is 1.00 bits per heavy atom. The zero-order chi connectivity index (χ0) is 44.7. The molecule has 0 radical (unpaired) electrons. The highest BCUT2D eigenvalue weighted by atomic mass is 32.1. The smallest absolute Gasteiger partial charge is 0.143 e. The Hall–Kier alpha value is -8.70. The van der Waals surface area contributed by atoms with Crippen molar-refractivity contribution in [3.63, 3.8) is 0 Å². The SMILES string of the molecule is c1ccc(N(c2ccc(-c3ccc4ccccc4c3)cc2)c2ccc3c(sc4ccccc43)c2-c2ccccc2-n2c3ccccc3c3ccccc32)c(-c2cccc3c2oc2ccccc23)c1. The zero-order valence-corrected chi connectivity index (χ0v) is 37.6. The third kappa shape index (κ3) is 5.98. The second-order valence-electron chi connectivity index (χ2n) is 17.6. The molecule has 0 saturated carbocycles. The first-order valence-electron chi connectivity index (χ1n) is 23.2. The van der Waals surface area contributed by atoms with E-state index >= 15 is 0 Å². The Kier molecular flexibility index (Phi) is 8.76. The van der Waals surface area contributed by atoms with Crippen molar-refractivity contribution in [1.29, 1.82) is 0 Å². The molecule has 0 N–H and O–H groups in total. The van der Waals surface area contributed by atoms with Crippen LogP contribution in [0.2, 0.25) is 0 Å². The van der Waals surface area contributed by atoms with Gasteiger partial charge in [0.05, 0.1) is 28.1 Å². The van der Waals surface area contributed by atoms with Crippen LogP contribution in [0.25, 0.3) is 114 Å². The van der Waals surface area contributed by atoms with Crippen LogP contribution in [0.4, 0.5) is 17.1 Å². The molecule has 11 aromatic carbocycles. The first-order valence-corrected chi connectivity index (χ1v) is 24.0. The average Bonchev–Trinajstić information content (AvgIpc) is 4.09. The lowest BCUT2D eigenvalue weighted by atomic mass is 9.95. The summed E-state index contributed by atoms with van der Waals surface area (Å²) in [5, 5.41) is 9.66. The fourth-order valence-corrected chi connectivity index (χ4v) is 12.0. The molecule has 0 aliphatic rings. The molecule has 318 valence electrons. The highest BCUT2D eigenvalue weighted by Gasteiger charge is 2.27. The van der Waals surface area contributed by atoms with E-state index in [1.54, 1.807) is 0 Å². The average molecular weight is 885 g/mol. The molecule has 4 heteroatoms. The maximum atomic E-state index is 6.77. The summed E-state index contributed by atoms with van der Waals surface area (Å²) in [6.45, 7) is 0. The molecule has 0 spiro atoms. The molecule has 3 nitrogen and oxygen atoms in total. The largest absolute Gasteiger partial charge is 0.455 e. The third-order valence-electron chi connectivity index (χ3n) is 13.8. The van der Waals surface area contributed by atoms with E-state index in [0.717, 1.165) is 66.9 Å². The Morgan fingerprint density at radius 1 is 0.382 bits per heavy atom. The summed E-state index contributed by atoms with van der Waals surface area (Å²) in [6, 6.07) is 88.3. The number of rotatable bonds is 7. The van der Waals surface area contributed by atoms with E-state index in [1.165, 1.54) is 63.9 Å². The van der Waals surface area contributed by atoms with Crippen LogP contribution in [0.5, 0.6) is 0 Å². The topological polar surface area (TPSA) is 21.3 Å². The molecule has 0 unspecified atom stereocenters. The van der Waals surface area contributed by atoms with Crippen molar-refractivity contribution in [3.8, 4) is 39.1 Å². The Balaban J connectivity index is 1.07. The lowest BCUT2D eigenvalue weighted by Gasteiger charge is -2.31. The van der Waals surface area contributed by atoms with Crippen molar-refractivity contribution >= 4 is 103 Å². The van der Waals surface area contributed by atoms with Crippen LogP contribution in [-0.4, -0.2) is 4.57 Å². The van der Waals surface area contributed by atoms with Gasteiger partial charge in [0.15, 0.2) is 0 Å². The number of benzene rings is 11. The number of anilines is 3. The molecule has 68 heavy (non-hydrogen) atoms. The van der Waals surface area contributed by atoms with E-state index < -0.39 is 0 Å². The van der Waals surface area contributed by atoms with E-state index in [2.05, 4.69) is 246 Å². The van der Waals surface area contributed by atoms with Gasteiger partial charge in [0.25, 0.3) is 0 Å². The van der Waals surface area contributed by atoms with Gasteiger partial charge in [-0.25, -0.2) is 0 Å². The summed E-state index contributed by atoms with van der Waals surface area (Å²) in [5.41, 5.74) is 15.2. The van der Waals surface area contributed by atoms with Gasteiger partial charge in [0.2, 0.25) is 0 Å². The van der Waals surface area contributed by atoms with Crippen molar-refractivity contribution in [1.82, 2.24) is 4.57 Å². The van der Waals surface area contributed by atoms with Crippen LogP contribution < -0.4 is 4.90 Å². The summed E-state index contributed by atoms with van der Waals surface area (Å²) in [4.78, 5) is 2.49. The summed E-state index contributed by atoms with van der Waals surface area (Å²) < 4.78 is 11.7. The van der Waals surface area contributed by atoms with Crippen LogP contribution in [0.3, 0.4) is 0 Å². The lowest BCUT2D eigenvalue weighted by molar-refractivity contribution is 0.670. The number of hydrogen-bond acceptors (Lipinski definition) is 3. The summed E-state index contributed by atoms with van der Waals surface area (Å²) >= 11 is 1.87. The summed E-state index contributed by atoms with van der Waals surface area (Å²) in [6.07, 6.45) is 0.